The molecule has 12 aromatic rings. The Hall–Kier alpha value is -7.04. The van der Waals surface area contributed by atoms with Gasteiger partial charge < -0.3 is 18.3 Å². The van der Waals surface area contributed by atoms with Crippen LogP contribution in [0.15, 0.2) is 170 Å². The number of aromatic nitrogens is 4. The lowest BCUT2D eigenvalue weighted by atomic mass is 9.99. The van der Waals surface area contributed by atoms with Crippen molar-refractivity contribution < 1.29 is 0 Å². The molecular formula is C64H62N4. The Kier molecular flexibility index (Phi) is 10.9. The van der Waals surface area contributed by atoms with Crippen LogP contribution in [0.1, 0.15) is 79.1 Å². The third kappa shape index (κ3) is 6.94. The van der Waals surface area contributed by atoms with Crippen LogP contribution in [0.5, 0.6) is 0 Å². The molecule has 0 spiro atoms. The van der Waals surface area contributed by atoms with Crippen LogP contribution in [-0.4, -0.2) is 18.3 Å². The molecule has 2 unspecified atom stereocenters. The maximum Gasteiger partial charge on any atom is 0.0541 e. The van der Waals surface area contributed by atoms with Crippen LogP contribution in [-0.2, 0) is 13.1 Å². The number of fused-ring (bicyclic) bond motifs is 12. The first-order valence-electron chi connectivity index (χ1n) is 25.7. The smallest absolute Gasteiger partial charge is 0.0541 e. The predicted molar refractivity (Wildman–Crippen MR) is 293 cm³/mol. The van der Waals surface area contributed by atoms with Crippen molar-refractivity contribution in [3.05, 3.63) is 170 Å². The van der Waals surface area contributed by atoms with Gasteiger partial charge in [-0.1, -0.05) is 151 Å². The minimum absolute atomic E-state index is 0.674. The van der Waals surface area contributed by atoms with Crippen LogP contribution < -0.4 is 0 Å². The molecule has 0 aliphatic carbocycles. The minimum Gasteiger partial charge on any atom is -0.340 e. The zero-order valence-electron chi connectivity index (χ0n) is 40.2. The number of rotatable bonds is 15. The number of hydrogen-bond acceptors (Lipinski definition) is 0. The maximum atomic E-state index is 2.60. The third-order valence-electron chi connectivity index (χ3n) is 15.7. The monoisotopic (exact) mass is 886 g/mol. The van der Waals surface area contributed by atoms with Crippen molar-refractivity contribution in [2.75, 3.05) is 0 Å². The van der Waals surface area contributed by atoms with Crippen molar-refractivity contribution in [1.82, 2.24) is 18.3 Å². The largest absolute Gasteiger partial charge is 0.340 e. The van der Waals surface area contributed by atoms with Gasteiger partial charge in [-0.2, -0.15) is 0 Å². The first-order valence-corrected chi connectivity index (χ1v) is 25.7. The molecule has 0 fully saturated rings. The lowest BCUT2D eigenvalue weighted by Crippen LogP contribution is -2.10. The molecule has 0 saturated carbocycles. The van der Waals surface area contributed by atoms with E-state index in [0.29, 0.717) is 11.8 Å². The lowest BCUT2D eigenvalue weighted by Gasteiger charge is -2.17. The molecule has 4 heterocycles. The fraction of sp³-hybridized carbons (Fsp3) is 0.250. The number of nitrogens with zero attached hydrogens (tertiary/aromatic N) is 4. The van der Waals surface area contributed by atoms with E-state index in [4.69, 9.17) is 0 Å². The van der Waals surface area contributed by atoms with Crippen LogP contribution in [0.2, 0.25) is 0 Å². The molecular weight excluding hydrogens is 825 g/mol. The van der Waals surface area contributed by atoms with E-state index in [1.54, 1.807) is 0 Å². The molecule has 0 amide bonds. The van der Waals surface area contributed by atoms with E-state index in [9.17, 15) is 0 Å². The van der Waals surface area contributed by atoms with Crippen molar-refractivity contribution in [3.8, 4) is 22.5 Å². The fourth-order valence-corrected chi connectivity index (χ4v) is 12.0. The molecule has 0 N–H and O–H groups in total. The molecule has 4 heteroatoms. The Balaban J connectivity index is 0.953. The summed E-state index contributed by atoms with van der Waals surface area (Å²) in [7, 11) is 0. The van der Waals surface area contributed by atoms with Crippen LogP contribution in [0, 0.1) is 11.8 Å². The summed E-state index contributed by atoms with van der Waals surface area (Å²) in [5.74, 6) is 1.35. The van der Waals surface area contributed by atoms with Gasteiger partial charge in [0.15, 0.2) is 0 Å². The van der Waals surface area contributed by atoms with Gasteiger partial charge in [-0.3, -0.25) is 0 Å². The van der Waals surface area contributed by atoms with Gasteiger partial charge in [-0.25, -0.2) is 0 Å². The highest BCUT2D eigenvalue weighted by Crippen LogP contribution is 2.41. The Labute approximate surface area is 400 Å². The summed E-state index contributed by atoms with van der Waals surface area (Å²) in [6.07, 6.45) is 10.0. The highest BCUT2D eigenvalue weighted by atomic mass is 15.0. The molecule has 0 bridgehead atoms. The topological polar surface area (TPSA) is 19.7 Å². The summed E-state index contributed by atoms with van der Waals surface area (Å²) in [5, 5.41) is 10.4. The first kappa shape index (κ1) is 42.3. The Morgan fingerprint density at radius 2 is 0.647 bits per heavy atom. The van der Waals surface area contributed by atoms with Gasteiger partial charge in [0.2, 0.25) is 0 Å². The molecule has 0 radical (unpaired) electrons. The van der Waals surface area contributed by atoms with E-state index in [2.05, 4.69) is 216 Å². The summed E-state index contributed by atoms with van der Waals surface area (Å²) in [4.78, 5) is 0. The number of benzene rings is 8. The van der Waals surface area contributed by atoms with Crippen LogP contribution in [0.4, 0.5) is 0 Å². The van der Waals surface area contributed by atoms with Crippen molar-refractivity contribution in [1.29, 1.82) is 0 Å². The SMILES string of the molecule is CCCCC(CC)Cn1c2ccccc2c2cc(-n3c4ccccc4c4cc(-c5ccc6c(c5)c5ccccc5n6-c5ccc6c(c5)c5ccccc5n6CC(CC)CCCC)ccc43)ccc21. The summed E-state index contributed by atoms with van der Waals surface area (Å²) in [5.41, 5.74) is 15.1. The van der Waals surface area contributed by atoms with Gasteiger partial charge in [0.05, 0.1) is 22.1 Å². The molecule has 8 aromatic carbocycles. The number of unbranched alkanes of at least 4 members (excludes halogenated alkanes) is 2. The van der Waals surface area contributed by atoms with Crippen molar-refractivity contribution >= 4 is 87.2 Å². The standard InChI is InChI=1S/C64H62N4/c1-5-9-19-43(7-3)41-65-57-25-15-11-21-49(57)55-39-47(31-35-59(55)65)67-61-27-17-13-23-51(61)53-37-45(29-33-63(53)67)46-30-34-64-54(38-46)52-24-14-18-28-62(52)68(64)48-32-36-60-56(40-48)50-22-12-16-26-58(50)66(60)42-44(8-4)20-10-6-2/h11-18,21-40,43-44H,5-10,19-20,41-42H2,1-4H3. The van der Waals surface area contributed by atoms with E-state index < -0.39 is 0 Å². The Morgan fingerprint density at radius 1 is 0.324 bits per heavy atom. The zero-order chi connectivity index (χ0) is 45.9. The number of para-hydroxylation sites is 4. The quantitative estimate of drug-likeness (QED) is 0.0977. The van der Waals surface area contributed by atoms with Gasteiger partial charge in [-0.15, -0.1) is 0 Å². The predicted octanol–water partition coefficient (Wildman–Crippen LogP) is 18.2. The van der Waals surface area contributed by atoms with Gasteiger partial charge in [0, 0.05) is 89.6 Å². The van der Waals surface area contributed by atoms with Gasteiger partial charge in [-0.05, 0) is 121 Å². The molecule has 2 atom stereocenters. The minimum atomic E-state index is 0.674. The first-order chi connectivity index (χ1) is 33.6. The van der Waals surface area contributed by atoms with Crippen LogP contribution in [0.25, 0.3) is 110 Å². The normalized spacial score (nSPS) is 13.2. The second kappa shape index (κ2) is 17.6. The molecule has 0 aliphatic heterocycles. The fourth-order valence-electron chi connectivity index (χ4n) is 12.0. The van der Waals surface area contributed by atoms with E-state index in [1.807, 2.05) is 0 Å². The van der Waals surface area contributed by atoms with Crippen molar-refractivity contribution in [2.24, 2.45) is 11.8 Å². The number of hydrogen-bond donors (Lipinski definition) is 0. The van der Waals surface area contributed by atoms with Crippen LogP contribution in [0.3, 0.4) is 0 Å². The summed E-state index contributed by atoms with van der Waals surface area (Å²) >= 11 is 0. The van der Waals surface area contributed by atoms with E-state index in [0.717, 1.165) is 13.1 Å². The zero-order valence-corrected chi connectivity index (χ0v) is 40.2. The highest BCUT2D eigenvalue weighted by molar-refractivity contribution is 6.15. The molecule has 4 aromatic heterocycles. The molecule has 338 valence electrons. The second-order valence-electron chi connectivity index (χ2n) is 19.7. The van der Waals surface area contributed by atoms with E-state index >= 15 is 0 Å². The summed E-state index contributed by atoms with van der Waals surface area (Å²) in [6.45, 7) is 11.4. The van der Waals surface area contributed by atoms with Gasteiger partial charge >= 0.3 is 0 Å². The summed E-state index contributed by atoms with van der Waals surface area (Å²) in [6, 6.07) is 64.5. The molecule has 0 aliphatic rings. The maximum absolute atomic E-state index is 2.60. The Bertz CT molecular complexity index is 3580. The van der Waals surface area contributed by atoms with E-state index in [-0.39, 0.29) is 0 Å². The molecule has 12 rings (SSSR count). The van der Waals surface area contributed by atoms with Crippen molar-refractivity contribution in [3.63, 3.8) is 0 Å². The summed E-state index contributed by atoms with van der Waals surface area (Å²) < 4.78 is 10.2. The third-order valence-corrected chi connectivity index (χ3v) is 15.7. The molecule has 0 saturated heterocycles. The average molecular weight is 887 g/mol. The Morgan fingerprint density at radius 3 is 1.04 bits per heavy atom. The highest BCUT2D eigenvalue weighted by Gasteiger charge is 2.21. The van der Waals surface area contributed by atoms with Crippen LogP contribution >= 0.6 is 0 Å². The average Bonchev–Trinajstić information content (AvgIpc) is 4.10. The van der Waals surface area contributed by atoms with Gasteiger partial charge in [0.25, 0.3) is 0 Å². The second-order valence-corrected chi connectivity index (χ2v) is 19.7. The molecule has 4 nitrogen and oxygen atoms in total. The lowest BCUT2D eigenvalue weighted by molar-refractivity contribution is 0.401. The van der Waals surface area contributed by atoms with E-state index in [1.165, 1.54) is 161 Å². The molecule has 68 heavy (non-hydrogen) atoms. The van der Waals surface area contributed by atoms with Gasteiger partial charge in [0.1, 0.15) is 0 Å². The van der Waals surface area contributed by atoms with Crippen molar-refractivity contribution in [2.45, 2.75) is 92.2 Å².